The van der Waals surface area contributed by atoms with Gasteiger partial charge in [0, 0.05) is 19.0 Å². The molecule has 0 radical (unpaired) electrons. The molecule has 2 N–H and O–H groups in total. The van der Waals surface area contributed by atoms with E-state index in [-0.39, 0.29) is 30.3 Å². The van der Waals surface area contributed by atoms with Gasteiger partial charge in [0.1, 0.15) is 0 Å². The number of carboxylic acids is 1. The van der Waals surface area contributed by atoms with E-state index in [4.69, 9.17) is 5.11 Å². The number of carbonyl (C=O) groups excluding carboxylic acids is 2. The third kappa shape index (κ3) is 3.68. The highest BCUT2D eigenvalue weighted by molar-refractivity contribution is 5.86. The van der Waals surface area contributed by atoms with Gasteiger partial charge in [-0.2, -0.15) is 0 Å². The SMILES string of the molecule is O=C(CN1CCCC1=O)NC1CCC(C(=O)O)CC1. The summed E-state index contributed by atoms with van der Waals surface area (Å²) in [5.41, 5.74) is 0. The molecule has 6 heteroatoms. The molecule has 106 valence electrons. The number of aliphatic carboxylic acids is 1. The molecule has 2 fully saturated rings. The van der Waals surface area contributed by atoms with Crippen LogP contribution in [0.15, 0.2) is 0 Å². The van der Waals surface area contributed by atoms with E-state index in [2.05, 4.69) is 5.32 Å². The summed E-state index contributed by atoms with van der Waals surface area (Å²) in [5, 5.41) is 11.8. The maximum absolute atomic E-state index is 11.8. The number of nitrogens with one attached hydrogen (secondary N) is 1. The van der Waals surface area contributed by atoms with E-state index in [1.807, 2.05) is 0 Å². The van der Waals surface area contributed by atoms with Crippen molar-refractivity contribution in [1.29, 1.82) is 0 Å². The molecule has 2 rings (SSSR count). The Morgan fingerprint density at radius 3 is 2.47 bits per heavy atom. The Hall–Kier alpha value is -1.59. The number of likely N-dealkylation sites (tertiary alicyclic amines) is 1. The molecule has 2 aliphatic rings. The Morgan fingerprint density at radius 2 is 1.95 bits per heavy atom. The van der Waals surface area contributed by atoms with Crippen LogP contribution in [0.1, 0.15) is 38.5 Å². The van der Waals surface area contributed by atoms with Crippen molar-refractivity contribution in [2.75, 3.05) is 13.1 Å². The van der Waals surface area contributed by atoms with E-state index < -0.39 is 5.97 Å². The molecule has 0 bridgehead atoms. The van der Waals surface area contributed by atoms with E-state index >= 15 is 0 Å². The van der Waals surface area contributed by atoms with Gasteiger partial charge in [0.15, 0.2) is 0 Å². The Morgan fingerprint density at radius 1 is 1.26 bits per heavy atom. The molecule has 1 aliphatic heterocycles. The van der Waals surface area contributed by atoms with Gasteiger partial charge < -0.3 is 15.3 Å². The Balaban J connectivity index is 1.71. The van der Waals surface area contributed by atoms with Gasteiger partial charge in [-0.05, 0) is 32.1 Å². The first-order chi connectivity index (χ1) is 9.06. The molecule has 2 amide bonds. The number of rotatable bonds is 4. The molecule has 0 aromatic rings. The van der Waals surface area contributed by atoms with Crippen molar-refractivity contribution in [3.05, 3.63) is 0 Å². The van der Waals surface area contributed by atoms with Crippen LogP contribution in [0.4, 0.5) is 0 Å². The van der Waals surface area contributed by atoms with Gasteiger partial charge in [0.2, 0.25) is 11.8 Å². The average molecular weight is 268 g/mol. The number of carboxylic acid groups (broad SMARTS) is 1. The minimum absolute atomic E-state index is 0.0461. The monoisotopic (exact) mass is 268 g/mol. The fourth-order valence-electron chi connectivity index (χ4n) is 2.80. The van der Waals surface area contributed by atoms with Gasteiger partial charge in [-0.1, -0.05) is 0 Å². The first kappa shape index (κ1) is 13.8. The van der Waals surface area contributed by atoms with Crippen molar-refractivity contribution in [2.24, 2.45) is 5.92 Å². The number of carbonyl (C=O) groups is 3. The maximum Gasteiger partial charge on any atom is 0.306 e. The molecule has 0 spiro atoms. The van der Waals surface area contributed by atoms with Gasteiger partial charge in [0.25, 0.3) is 0 Å². The van der Waals surface area contributed by atoms with E-state index in [0.717, 1.165) is 6.42 Å². The molecule has 19 heavy (non-hydrogen) atoms. The van der Waals surface area contributed by atoms with Crippen LogP contribution in [0.3, 0.4) is 0 Å². The van der Waals surface area contributed by atoms with Crippen molar-refractivity contribution >= 4 is 17.8 Å². The second-order valence-corrected chi connectivity index (χ2v) is 5.37. The lowest BCUT2D eigenvalue weighted by Crippen LogP contribution is -2.44. The molecule has 0 aromatic heterocycles. The highest BCUT2D eigenvalue weighted by Gasteiger charge is 2.28. The minimum atomic E-state index is -0.743. The van der Waals surface area contributed by atoms with Crippen LogP contribution < -0.4 is 5.32 Å². The van der Waals surface area contributed by atoms with Gasteiger partial charge in [0.05, 0.1) is 12.5 Å². The van der Waals surface area contributed by atoms with Crippen LogP contribution in [0.25, 0.3) is 0 Å². The summed E-state index contributed by atoms with van der Waals surface area (Å²) in [7, 11) is 0. The first-order valence-electron chi connectivity index (χ1n) is 6.86. The topological polar surface area (TPSA) is 86.7 Å². The molecule has 1 heterocycles. The Labute approximate surface area is 112 Å². The predicted octanol–water partition coefficient (Wildman–Crippen LogP) is 0.368. The average Bonchev–Trinajstić information content (AvgIpc) is 2.75. The molecular weight excluding hydrogens is 248 g/mol. The van der Waals surface area contributed by atoms with Crippen LogP contribution in [-0.2, 0) is 14.4 Å². The summed E-state index contributed by atoms with van der Waals surface area (Å²) in [6.07, 6.45) is 4.01. The third-order valence-electron chi connectivity index (χ3n) is 3.95. The molecule has 0 atom stereocenters. The summed E-state index contributed by atoms with van der Waals surface area (Å²) in [6.45, 7) is 0.801. The number of amides is 2. The number of hydrogen-bond acceptors (Lipinski definition) is 3. The summed E-state index contributed by atoms with van der Waals surface area (Å²) < 4.78 is 0. The van der Waals surface area contributed by atoms with Crippen LogP contribution >= 0.6 is 0 Å². The standard InChI is InChI=1S/C13H20N2O4/c16-11(8-15-7-1-2-12(15)17)14-10-5-3-9(4-6-10)13(18)19/h9-10H,1-8H2,(H,14,16)(H,18,19). The van der Waals surface area contributed by atoms with Crippen LogP contribution in [-0.4, -0.2) is 46.9 Å². The summed E-state index contributed by atoms with van der Waals surface area (Å²) in [5.74, 6) is -1.10. The number of hydrogen-bond donors (Lipinski definition) is 2. The molecule has 0 unspecified atom stereocenters. The Bertz CT molecular complexity index is 375. The minimum Gasteiger partial charge on any atom is -0.481 e. The lowest BCUT2D eigenvalue weighted by Gasteiger charge is -2.27. The molecule has 1 saturated carbocycles. The van der Waals surface area contributed by atoms with Crippen molar-refractivity contribution in [3.63, 3.8) is 0 Å². The summed E-state index contributed by atoms with van der Waals surface area (Å²) in [4.78, 5) is 35.6. The van der Waals surface area contributed by atoms with Gasteiger partial charge in [-0.3, -0.25) is 14.4 Å². The molecule has 0 aromatic carbocycles. The van der Waals surface area contributed by atoms with Crippen molar-refractivity contribution in [2.45, 2.75) is 44.6 Å². The van der Waals surface area contributed by atoms with Gasteiger partial charge in [-0.25, -0.2) is 0 Å². The molecule has 6 nitrogen and oxygen atoms in total. The molecular formula is C13H20N2O4. The van der Waals surface area contributed by atoms with Crippen molar-refractivity contribution in [3.8, 4) is 0 Å². The van der Waals surface area contributed by atoms with Gasteiger partial charge >= 0.3 is 5.97 Å². The number of nitrogens with zero attached hydrogens (tertiary/aromatic N) is 1. The van der Waals surface area contributed by atoms with E-state index in [9.17, 15) is 14.4 Å². The van der Waals surface area contributed by atoms with Crippen LogP contribution in [0.5, 0.6) is 0 Å². The van der Waals surface area contributed by atoms with Crippen molar-refractivity contribution < 1.29 is 19.5 Å². The van der Waals surface area contributed by atoms with Gasteiger partial charge in [-0.15, -0.1) is 0 Å². The van der Waals surface area contributed by atoms with Crippen LogP contribution in [0.2, 0.25) is 0 Å². The summed E-state index contributed by atoms with van der Waals surface area (Å²) in [6, 6.07) is 0.0563. The molecule has 1 aliphatic carbocycles. The highest BCUT2D eigenvalue weighted by atomic mass is 16.4. The second-order valence-electron chi connectivity index (χ2n) is 5.37. The fraction of sp³-hybridized carbons (Fsp3) is 0.769. The van der Waals surface area contributed by atoms with Crippen LogP contribution in [0, 0.1) is 5.92 Å². The lowest BCUT2D eigenvalue weighted by molar-refractivity contribution is -0.143. The Kier molecular flexibility index (Phi) is 4.39. The van der Waals surface area contributed by atoms with E-state index in [1.165, 1.54) is 0 Å². The highest BCUT2D eigenvalue weighted by Crippen LogP contribution is 2.24. The quantitative estimate of drug-likeness (QED) is 0.771. The molecule has 1 saturated heterocycles. The van der Waals surface area contributed by atoms with Crippen molar-refractivity contribution in [1.82, 2.24) is 10.2 Å². The first-order valence-corrected chi connectivity index (χ1v) is 6.86. The maximum atomic E-state index is 11.8. The lowest BCUT2D eigenvalue weighted by atomic mass is 9.86. The fourth-order valence-corrected chi connectivity index (χ4v) is 2.80. The largest absolute Gasteiger partial charge is 0.481 e. The predicted molar refractivity (Wildman–Crippen MR) is 67.3 cm³/mol. The zero-order valence-corrected chi connectivity index (χ0v) is 10.9. The second kappa shape index (κ2) is 6.04. The zero-order valence-electron chi connectivity index (χ0n) is 10.9. The zero-order chi connectivity index (χ0) is 13.8. The third-order valence-corrected chi connectivity index (χ3v) is 3.95. The summed E-state index contributed by atoms with van der Waals surface area (Å²) >= 11 is 0. The smallest absolute Gasteiger partial charge is 0.306 e. The normalized spacial score (nSPS) is 27.4. The van der Waals surface area contributed by atoms with E-state index in [1.54, 1.807) is 4.90 Å². The van der Waals surface area contributed by atoms with E-state index in [0.29, 0.717) is 38.6 Å².